The van der Waals surface area contributed by atoms with Gasteiger partial charge in [-0.3, -0.25) is 0 Å². The fraction of sp³-hybridized carbons (Fsp3) is 0.375. The van der Waals surface area contributed by atoms with Crippen molar-refractivity contribution in [2.75, 3.05) is 44.8 Å². The van der Waals surface area contributed by atoms with Gasteiger partial charge in [0.1, 0.15) is 23.9 Å². The first-order valence-corrected chi connectivity index (χ1v) is 14.0. The van der Waals surface area contributed by atoms with Crippen LogP contribution in [0.5, 0.6) is 17.2 Å². The van der Waals surface area contributed by atoms with Gasteiger partial charge < -0.3 is 34.3 Å². The van der Waals surface area contributed by atoms with E-state index < -0.39 is 12.1 Å². The van der Waals surface area contributed by atoms with Crippen LogP contribution in [-0.4, -0.2) is 67.6 Å². The molecule has 0 spiro atoms. The van der Waals surface area contributed by atoms with E-state index in [2.05, 4.69) is 12.2 Å². The van der Waals surface area contributed by atoms with E-state index in [-0.39, 0.29) is 12.5 Å². The van der Waals surface area contributed by atoms with Crippen LogP contribution in [0.15, 0.2) is 78.9 Å². The van der Waals surface area contributed by atoms with Gasteiger partial charge in [0.25, 0.3) is 0 Å². The Labute approximate surface area is 242 Å². The topological polar surface area (TPSA) is 107 Å². The normalized spacial score (nSPS) is 11.5. The average molecular weight is 565 g/mol. The summed E-state index contributed by atoms with van der Waals surface area (Å²) in [5.41, 5.74) is 1.50. The molecule has 3 rings (SSSR count). The number of carbonyl (C=O) groups is 2. The summed E-state index contributed by atoms with van der Waals surface area (Å²) < 4.78 is 22.6. The second kappa shape index (κ2) is 17.6. The molecule has 0 heterocycles. The molecule has 9 nitrogen and oxygen atoms in total. The van der Waals surface area contributed by atoms with Gasteiger partial charge in [-0.1, -0.05) is 37.3 Å². The van der Waals surface area contributed by atoms with Gasteiger partial charge in [-0.25, -0.2) is 9.59 Å². The van der Waals surface area contributed by atoms with Crippen molar-refractivity contribution in [3.63, 3.8) is 0 Å². The largest absolute Gasteiger partial charge is 0.492 e. The summed E-state index contributed by atoms with van der Waals surface area (Å²) in [7, 11) is 0. The van der Waals surface area contributed by atoms with Crippen molar-refractivity contribution in [3.05, 3.63) is 84.4 Å². The molecular formula is C32H40N2O7. The van der Waals surface area contributed by atoms with Crippen LogP contribution in [0.3, 0.4) is 0 Å². The van der Waals surface area contributed by atoms with Gasteiger partial charge in [-0.05, 0) is 73.9 Å². The predicted molar refractivity (Wildman–Crippen MR) is 158 cm³/mol. The molecule has 0 radical (unpaired) electrons. The Balaban J connectivity index is 1.53. The number of benzene rings is 3. The lowest BCUT2D eigenvalue weighted by atomic mass is 10.1. The number of rotatable bonds is 18. The Bertz CT molecular complexity index is 1170. The average Bonchev–Trinajstić information content (AvgIpc) is 2.98. The minimum atomic E-state index is -0.984. The first-order valence-electron chi connectivity index (χ1n) is 14.0. The molecule has 2 N–H and O–H groups in total. The maximum atomic E-state index is 13.1. The maximum absolute atomic E-state index is 13.1. The minimum Gasteiger partial charge on any atom is -0.492 e. The van der Waals surface area contributed by atoms with Crippen molar-refractivity contribution < 1.29 is 33.6 Å². The summed E-state index contributed by atoms with van der Waals surface area (Å²) in [6.45, 7) is 6.62. The molecule has 0 bridgehead atoms. The Morgan fingerprint density at radius 2 is 1.51 bits per heavy atom. The smallest absolute Gasteiger partial charge is 0.333 e. The summed E-state index contributed by atoms with van der Waals surface area (Å²) in [4.78, 5) is 26.2. The summed E-state index contributed by atoms with van der Waals surface area (Å²) in [6.07, 6.45) is 1.05. The van der Waals surface area contributed by atoms with E-state index in [1.165, 1.54) is 0 Å². The van der Waals surface area contributed by atoms with E-state index in [0.717, 1.165) is 17.7 Å². The number of hydrogen-bond acceptors (Lipinski definition) is 6. The van der Waals surface area contributed by atoms with Crippen LogP contribution in [0.1, 0.15) is 32.3 Å². The highest BCUT2D eigenvalue weighted by molar-refractivity contribution is 5.89. The summed E-state index contributed by atoms with van der Waals surface area (Å²) in [5.74, 6) is 1.07. The molecule has 9 heteroatoms. The third-order valence-electron chi connectivity index (χ3n) is 6.05. The second-order valence-electron chi connectivity index (χ2n) is 9.30. The van der Waals surface area contributed by atoms with Crippen molar-refractivity contribution in [1.82, 2.24) is 4.90 Å². The molecule has 0 aliphatic rings. The van der Waals surface area contributed by atoms with Gasteiger partial charge in [-0.2, -0.15) is 0 Å². The molecule has 3 aromatic rings. The van der Waals surface area contributed by atoms with Gasteiger partial charge in [0, 0.05) is 38.5 Å². The van der Waals surface area contributed by atoms with Crippen molar-refractivity contribution in [3.8, 4) is 17.2 Å². The van der Waals surface area contributed by atoms with Crippen LogP contribution >= 0.6 is 0 Å². The number of aliphatic carboxylic acids is 1. The van der Waals surface area contributed by atoms with Gasteiger partial charge in [0.15, 0.2) is 6.10 Å². The molecule has 41 heavy (non-hydrogen) atoms. The standard InChI is InChI=1S/C32H40N2O7/c1-3-21-38-22-8-19-34(20-23-40-27-15-11-25(12-16-27)24-30(31(35)36)39-4-2)32(37)33-26-13-17-29(18-14-26)41-28-9-6-5-7-10-28/h5-7,9-18,30H,3-4,8,19-24H2,1-2H3,(H,33,37)(H,35,36). The highest BCUT2D eigenvalue weighted by Gasteiger charge is 2.18. The van der Waals surface area contributed by atoms with Crippen molar-refractivity contribution in [2.24, 2.45) is 0 Å². The first kappa shape index (κ1) is 31.4. The van der Waals surface area contributed by atoms with E-state index >= 15 is 0 Å². The number of carbonyl (C=O) groups excluding carboxylic acids is 1. The van der Waals surface area contributed by atoms with Crippen LogP contribution in [-0.2, 0) is 20.7 Å². The molecule has 0 saturated carbocycles. The molecular weight excluding hydrogens is 524 g/mol. The summed E-state index contributed by atoms with van der Waals surface area (Å²) in [6, 6.07) is 23.7. The molecule has 3 aromatic carbocycles. The van der Waals surface area contributed by atoms with Crippen LogP contribution in [0.2, 0.25) is 0 Å². The van der Waals surface area contributed by atoms with Crippen LogP contribution in [0.25, 0.3) is 0 Å². The molecule has 1 atom stereocenters. The predicted octanol–water partition coefficient (Wildman–Crippen LogP) is 6.24. The Morgan fingerprint density at radius 1 is 0.829 bits per heavy atom. The summed E-state index contributed by atoms with van der Waals surface area (Å²) >= 11 is 0. The zero-order valence-electron chi connectivity index (χ0n) is 23.8. The zero-order valence-corrected chi connectivity index (χ0v) is 23.8. The van der Waals surface area contributed by atoms with E-state index in [0.29, 0.717) is 63.1 Å². The number of ether oxygens (including phenoxy) is 4. The lowest BCUT2D eigenvalue weighted by Gasteiger charge is -2.23. The lowest BCUT2D eigenvalue weighted by Crippen LogP contribution is -2.39. The van der Waals surface area contributed by atoms with E-state index in [9.17, 15) is 14.7 Å². The highest BCUT2D eigenvalue weighted by Crippen LogP contribution is 2.23. The SMILES string of the molecule is CCCOCCCN(CCOc1ccc(CC(OCC)C(=O)O)cc1)C(=O)Nc1ccc(Oc2ccccc2)cc1. The number of amides is 2. The second-order valence-corrected chi connectivity index (χ2v) is 9.30. The van der Waals surface area contributed by atoms with E-state index in [1.807, 2.05) is 54.6 Å². The molecule has 220 valence electrons. The van der Waals surface area contributed by atoms with Crippen LogP contribution in [0, 0.1) is 0 Å². The maximum Gasteiger partial charge on any atom is 0.333 e. The molecule has 0 saturated heterocycles. The Morgan fingerprint density at radius 3 is 2.17 bits per heavy atom. The van der Waals surface area contributed by atoms with Crippen molar-refractivity contribution in [2.45, 2.75) is 39.2 Å². The molecule has 0 aromatic heterocycles. The van der Waals surface area contributed by atoms with Gasteiger partial charge in [0.2, 0.25) is 0 Å². The highest BCUT2D eigenvalue weighted by atomic mass is 16.5. The molecule has 1 unspecified atom stereocenters. The van der Waals surface area contributed by atoms with E-state index in [4.69, 9.17) is 18.9 Å². The number of urea groups is 1. The monoisotopic (exact) mass is 564 g/mol. The minimum absolute atomic E-state index is 0.230. The van der Waals surface area contributed by atoms with Crippen LogP contribution < -0.4 is 14.8 Å². The Hall–Kier alpha value is -4.08. The fourth-order valence-corrected chi connectivity index (χ4v) is 3.98. The molecule has 0 fully saturated rings. The van der Waals surface area contributed by atoms with Crippen LogP contribution in [0.4, 0.5) is 10.5 Å². The zero-order chi connectivity index (χ0) is 29.3. The number of anilines is 1. The van der Waals surface area contributed by atoms with E-state index in [1.54, 1.807) is 36.1 Å². The fourth-order valence-electron chi connectivity index (χ4n) is 3.98. The van der Waals surface area contributed by atoms with Gasteiger partial charge in [-0.15, -0.1) is 0 Å². The quantitative estimate of drug-likeness (QED) is 0.176. The van der Waals surface area contributed by atoms with Crippen molar-refractivity contribution >= 4 is 17.7 Å². The molecule has 0 aliphatic carbocycles. The number of hydrogen-bond donors (Lipinski definition) is 2. The van der Waals surface area contributed by atoms with Crippen molar-refractivity contribution in [1.29, 1.82) is 0 Å². The number of nitrogens with one attached hydrogen (secondary N) is 1. The molecule has 0 aliphatic heterocycles. The molecule has 2 amide bonds. The lowest BCUT2D eigenvalue weighted by molar-refractivity contribution is -0.149. The summed E-state index contributed by atoms with van der Waals surface area (Å²) in [5, 5.41) is 12.3. The Kier molecular flexibility index (Phi) is 13.5. The number of carboxylic acids is 1. The van der Waals surface area contributed by atoms with Gasteiger partial charge in [0.05, 0.1) is 6.54 Å². The number of carboxylic acid groups (broad SMARTS) is 1. The van der Waals surface area contributed by atoms with Gasteiger partial charge >= 0.3 is 12.0 Å². The number of nitrogens with zero attached hydrogens (tertiary/aromatic N) is 1. The third kappa shape index (κ3) is 11.5. The third-order valence-corrected chi connectivity index (χ3v) is 6.05. The first-order chi connectivity index (χ1) is 20.0. The number of para-hydroxylation sites is 1.